The Kier molecular flexibility index (Phi) is 5.98. The van der Waals surface area contributed by atoms with Crippen LogP contribution < -0.4 is 14.9 Å². The van der Waals surface area contributed by atoms with E-state index in [1.807, 2.05) is 23.6 Å². The summed E-state index contributed by atoms with van der Waals surface area (Å²) >= 11 is 13.6. The second-order valence-corrected chi connectivity index (χ2v) is 6.84. The number of thiazole rings is 1. The first-order valence-corrected chi connectivity index (χ1v) is 9.16. The number of aromatic nitrogens is 1. The molecule has 134 valence electrons. The molecule has 3 rings (SSSR count). The van der Waals surface area contributed by atoms with Crippen molar-refractivity contribution in [3.8, 4) is 22.8 Å². The van der Waals surface area contributed by atoms with Crippen molar-refractivity contribution in [3.63, 3.8) is 0 Å². The van der Waals surface area contributed by atoms with Gasteiger partial charge in [-0.2, -0.15) is 5.10 Å². The molecule has 0 saturated heterocycles. The number of anilines is 1. The Balaban J connectivity index is 1.73. The number of hydrogen-bond acceptors (Lipinski definition) is 6. The first-order chi connectivity index (χ1) is 12.6. The summed E-state index contributed by atoms with van der Waals surface area (Å²) in [6.07, 6.45) is 1.66. The maximum absolute atomic E-state index is 6.22. The lowest BCUT2D eigenvalue weighted by atomic mass is 10.2. The molecule has 0 radical (unpaired) electrons. The molecule has 0 atom stereocenters. The second-order valence-electron chi connectivity index (χ2n) is 5.14. The molecule has 2 aromatic carbocycles. The summed E-state index contributed by atoms with van der Waals surface area (Å²) in [5.41, 5.74) is 5.31. The Morgan fingerprint density at radius 2 is 1.96 bits per heavy atom. The van der Waals surface area contributed by atoms with E-state index in [0.717, 1.165) is 22.6 Å². The molecule has 0 spiro atoms. The van der Waals surface area contributed by atoms with Gasteiger partial charge in [-0.15, -0.1) is 11.3 Å². The smallest absolute Gasteiger partial charge is 0.203 e. The van der Waals surface area contributed by atoms with Gasteiger partial charge in [0, 0.05) is 27.6 Å². The van der Waals surface area contributed by atoms with E-state index in [0.29, 0.717) is 20.9 Å². The predicted octanol–water partition coefficient (Wildman–Crippen LogP) is 5.58. The fourth-order valence-corrected chi connectivity index (χ4v) is 3.39. The fraction of sp³-hybridized carbons (Fsp3) is 0.111. The average molecular weight is 408 g/mol. The summed E-state index contributed by atoms with van der Waals surface area (Å²) < 4.78 is 10.5. The number of hydrogen-bond donors (Lipinski definition) is 1. The summed E-state index contributed by atoms with van der Waals surface area (Å²) in [4.78, 5) is 4.49. The van der Waals surface area contributed by atoms with Gasteiger partial charge in [0.25, 0.3) is 0 Å². The lowest BCUT2D eigenvalue weighted by molar-refractivity contribution is 0.394. The number of hydrazone groups is 1. The Morgan fingerprint density at radius 1 is 1.12 bits per heavy atom. The fourth-order valence-electron chi connectivity index (χ4n) is 2.23. The largest absolute Gasteiger partial charge is 0.497 e. The molecule has 0 bridgehead atoms. The molecule has 5 nitrogen and oxygen atoms in total. The molecule has 0 fully saturated rings. The molecule has 8 heteroatoms. The number of halogens is 2. The summed E-state index contributed by atoms with van der Waals surface area (Å²) in [7, 11) is 3.21. The molecule has 0 amide bonds. The minimum absolute atomic E-state index is 0.556. The van der Waals surface area contributed by atoms with Crippen LogP contribution in [0.4, 0.5) is 5.13 Å². The first kappa shape index (κ1) is 18.5. The highest BCUT2D eigenvalue weighted by atomic mass is 35.5. The number of rotatable bonds is 6. The number of methoxy groups -OCH3 is 2. The molecule has 1 N–H and O–H groups in total. The van der Waals surface area contributed by atoms with Gasteiger partial charge >= 0.3 is 0 Å². The molecule has 0 aliphatic rings. The first-order valence-electron chi connectivity index (χ1n) is 7.52. The standard InChI is InChI=1S/C18H15Cl2N3O2S/c1-24-13-5-3-11(17(8-13)25-2)9-21-23-18-22-16(10-26-18)14-6-4-12(19)7-15(14)20/h3-10H,1-2H3,(H,22,23)/b21-9-. The molecule has 0 aliphatic carbocycles. The summed E-state index contributed by atoms with van der Waals surface area (Å²) in [6, 6.07) is 10.8. The van der Waals surface area contributed by atoms with Crippen LogP contribution in [0, 0.1) is 0 Å². The van der Waals surface area contributed by atoms with Crippen LogP contribution in [0.3, 0.4) is 0 Å². The molecule has 0 unspecified atom stereocenters. The maximum atomic E-state index is 6.22. The van der Waals surface area contributed by atoms with Crippen molar-refractivity contribution in [2.75, 3.05) is 19.6 Å². The summed E-state index contributed by atoms with van der Waals surface area (Å²) in [6.45, 7) is 0. The van der Waals surface area contributed by atoms with Crippen LogP contribution in [-0.2, 0) is 0 Å². The highest BCUT2D eigenvalue weighted by molar-refractivity contribution is 7.14. The van der Waals surface area contributed by atoms with Crippen molar-refractivity contribution < 1.29 is 9.47 Å². The van der Waals surface area contributed by atoms with Gasteiger partial charge in [-0.05, 0) is 30.3 Å². The van der Waals surface area contributed by atoms with Crippen molar-refractivity contribution in [2.24, 2.45) is 5.10 Å². The molecular weight excluding hydrogens is 393 g/mol. The molecule has 1 heterocycles. The van der Waals surface area contributed by atoms with E-state index in [4.69, 9.17) is 32.7 Å². The Morgan fingerprint density at radius 3 is 2.69 bits per heavy atom. The molecule has 3 aromatic rings. The predicted molar refractivity (Wildman–Crippen MR) is 108 cm³/mol. The minimum atomic E-state index is 0.556. The highest BCUT2D eigenvalue weighted by Gasteiger charge is 2.09. The quantitative estimate of drug-likeness (QED) is 0.427. The SMILES string of the molecule is COc1ccc(/C=N\Nc2nc(-c3ccc(Cl)cc3Cl)cs2)c(OC)c1. The number of ether oxygens (including phenoxy) is 2. The third-order valence-corrected chi connectivity index (χ3v) is 4.81. The zero-order valence-electron chi connectivity index (χ0n) is 14.0. The van der Waals surface area contributed by atoms with E-state index in [1.165, 1.54) is 11.3 Å². The summed E-state index contributed by atoms with van der Waals surface area (Å²) in [5, 5.41) is 7.91. The molecular formula is C18H15Cl2N3O2S. The average Bonchev–Trinajstić information content (AvgIpc) is 3.10. The van der Waals surface area contributed by atoms with Crippen molar-refractivity contribution in [3.05, 3.63) is 57.4 Å². The van der Waals surface area contributed by atoms with Gasteiger partial charge in [0.15, 0.2) is 0 Å². The van der Waals surface area contributed by atoms with Crippen LogP contribution in [0.2, 0.25) is 10.0 Å². The molecule has 26 heavy (non-hydrogen) atoms. The summed E-state index contributed by atoms with van der Waals surface area (Å²) in [5.74, 6) is 1.39. The van der Waals surface area contributed by atoms with Crippen LogP contribution >= 0.6 is 34.5 Å². The third-order valence-electron chi connectivity index (χ3n) is 3.52. The van der Waals surface area contributed by atoms with Crippen LogP contribution in [0.5, 0.6) is 11.5 Å². The monoisotopic (exact) mass is 407 g/mol. The molecule has 0 aliphatic heterocycles. The van der Waals surface area contributed by atoms with E-state index >= 15 is 0 Å². The third kappa shape index (κ3) is 4.27. The van der Waals surface area contributed by atoms with Gasteiger partial charge in [0.2, 0.25) is 5.13 Å². The minimum Gasteiger partial charge on any atom is -0.497 e. The van der Waals surface area contributed by atoms with Crippen LogP contribution in [0.1, 0.15) is 5.56 Å². The van der Waals surface area contributed by atoms with Gasteiger partial charge in [0.1, 0.15) is 11.5 Å². The van der Waals surface area contributed by atoms with Crippen LogP contribution in [0.15, 0.2) is 46.9 Å². The maximum Gasteiger partial charge on any atom is 0.203 e. The Labute approximate surface area is 165 Å². The van der Waals surface area contributed by atoms with Gasteiger partial charge < -0.3 is 9.47 Å². The topological polar surface area (TPSA) is 55.7 Å². The van der Waals surface area contributed by atoms with Gasteiger partial charge in [-0.3, -0.25) is 5.43 Å². The van der Waals surface area contributed by atoms with E-state index in [9.17, 15) is 0 Å². The Bertz CT molecular complexity index is 944. The van der Waals surface area contributed by atoms with E-state index in [1.54, 1.807) is 38.6 Å². The van der Waals surface area contributed by atoms with Gasteiger partial charge in [-0.1, -0.05) is 23.2 Å². The lowest BCUT2D eigenvalue weighted by Crippen LogP contribution is -1.95. The van der Waals surface area contributed by atoms with Crippen LogP contribution in [0.25, 0.3) is 11.3 Å². The second kappa shape index (κ2) is 8.40. The lowest BCUT2D eigenvalue weighted by Gasteiger charge is -2.06. The highest BCUT2D eigenvalue weighted by Crippen LogP contribution is 2.32. The number of nitrogens with zero attached hydrogens (tertiary/aromatic N) is 2. The Hall–Kier alpha value is -2.28. The van der Waals surface area contributed by atoms with E-state index in [-0.39, 0.29) is 0 Å². The van der Waals surface area contributed by atoms with Crippen molar-refractivity contribution in [2.45, 2.75) is 0 Å². The van der Waals surface area contributed by atoms with Gasteiger partial charge in [0.05, 0.1) is 31.2 Å². The molecule has 0 saturated carbocycles. The van der Waals surface area contributed by atoms with Crippen molar-refractivity contribution in [1.29, 1.82) is 0 Å². The molecule has 1 aromatic heterocycles. The normalized spacial score (nSPS) is 10.9. The van der Waals surface area contributed by atoms with E-state index < -0.39 is 0 Å². The van der Waals surface area contributed by atoms with Crippen LogP contribution in [-0.4, -0.2) is 25.4 Å². The van der Waals surface area contributed by atoms with Gasteiger partial charge in [-0.25, -0.2) is 4.98 Å². The zero-order chi connectivity index (χ0) is 18.5. The van der Waals surface area contributed by atoms with E-state index in [2.05, 4.69) is 15.5 Å². The van der Waals surface area contributed by atoms with Crippen molar-refractivity contribution >= 4 is 45.9 Å². The number of benzene rings is 2. The number of nitrogens with one attached hydrogen (secondary N) is 1. The zero-order valence-corrected chi connectivity index (χ0v) is 16.3. The van der Waals surface area contributed by atoms with Crippen molar-refractivity contribution in [1.82, 2.24) is 4.98 Å².